The molecular weight excluding hydrogens is 230 g/mol. The van der Waals surface area contributed by atoms with E-state index < -0.39 is 5.60 Å². The van der Waals surface area contributed by atoms with Crippen LogP contribution in [0.4, 0.5) is 0 Å². The largest absolute Gasteiger partial charge is 0.465 e. The number of carbonyl (C=O) groups is 1. The van der Waals surface area contributed by atoms with Crippen molar-refractivity contribution in [3.8, 4) is 0 Å². The summed E-state index contributed by atoms with van der Waals surface area (Å²) in [5, 5.41) is 13.3. The summed E-state index contributed by atoms with van der Waals surface area (Å²) in [6.07, 6.45) is 5.72. The second-order valence-electron chi connectivity index (χ2n) is 5.58. The highest BCUT2D eigenvalue weighted by molar-refractivity contribution is 5.71. The van der Waals surface area contributed by atoms with Crippen molar-refractivity contribution in [2.45, 2.75) is 58.0 Å². The third kappa shape index (κ3) is 5.83. The number of carbonyl (C=O) groups excluding carboxylic acids is 1. The van der Waals surface area contributed by atoms with Crippen LogP contribution in [0.15, 0.2) is 0 Å². The molecule has 0 heterocycles. The van der Waals surface area contributed by atoms with Crippen molar-refractivity contribution >= 4 is 5.97 Å². The van der Waals surface area contributed by atoms with E-state index in [4.69, 9.17) is 4.74 Å². The van der Waals surface area contributed by atoms with Gasteiger partial charge in [-0.1, -0.05) is 20.3 Å². The van der Waals surface area contributed by atoms with Crippen LogP contribution >= 0.6 is 0 Å². The van der Waals surface area contributed by atoms with Crippen LogP contribution in [0.2, 0.25) is 0 Å². The van der Waals surface area contributed by atoms with Gasteiger partial charge in [0, 0.05) is 6.54 Å². The Balaban J connectivity index is 2.11. The molecule has 106 valence electrons. The van der Waals surface area contributed by atoms with E-state index in [9.17, 15) is 9.90 Å². The highest BCUT2D eigenvalue weighted by atomic mass is 16.5. The summed E-state index contributed by atoms with van der Waals surface area (Å²) in [7, 11) is 0. The Kier molecular flexibility index (Phi) is 6.65. The molecule has 18 heavy (non-hydrogen) atoms. The van der Waals surface area contributed by atoms with Crippen LogP contribution in [0.5, 0.6) is 0 Å². The van der Waals surface area contributed by atoms with Crippen molar-refractivity contribution in [2.24, 2.45) is 5.92 Å². The lowest BCUT2D eigenvalue weighted by Gasteiger charge is -2.35. The summed E-state index contributed by atoms with van der Waals surface area (Å²) in [5.74, 6) is 0.487. The fraction of sp³-hybridized carbons (Fsp3) is 0.929. The summed E-state index contributed by atoms with van der Waals surface area (Å²) in [6, 6.07) is 0. The van der Waals surface area contributed by atoms with Crippen molar-refractivity contribution in [3.63, 3.8) is 0 Å². The van der Waals surface area contributed by atoms with Crippen LogP contribution < -0.4 is 5.32 Å². The van der Waals surface area contributed by atoms with Crippen LogP contribution in [0.1, 0.15) is 52.4 Å². The zero-order valence-corrected chi connectivity index (χ0v) is 11.7. The molecule has 0 aromatic heterocycles. The second kappa shape index (κ2) is 7.74. The molecule has 1 aliphatic rings. The van der Waals surface area contributed by atoms with Crippen molar-refractivity contribution in [3.05, 3.63) is 0 Å². The summed E-state index contributed by atoms with van der Waals surface area (Å²) in [6.45, 7) is 5.47. The standard InChI is InChI=1S/C14H27NO3/c1-3-4-9-18-13(16)10-15-11-14(17)7-5-12(2)6-8-14/h12,15,17H,3-11H2,1-2H3. The number of nitrogens with one attached hydrogen (secondary N) is 1. The van der Waals surface area contributed by atoms with Crippen molar-refractivity contribution in [1.82, 2.24) is 5.32 Å². The number of unbranched alkanes of at least 4 members (excludes halogenated alkanes) is 1. The van der Waals surface area contributed by atoms with E-state index in [1.165, 1.54) is 0 Å². The molecule has 0 radical (unpaired) electrons. The third-order valence-electron chi connectivity index (χ3n) is 3.69. The molecule has 1 fully saturated rings. The average molecular weight is 257 g/mol. The van der Waals surface area contributed by atoms with Gasteiger partial charge in [0.05, 0.1) is 18.8 Å². The van der Waals surface area contributed by atoms with Gasteiger partial charge in [0.1, 0.15) is 0 Å². The zero-order valence-electron chi connectivity index (χ0n) is 11.7. The van der Waals surface area contributed by atoms with Gasteiger partial charge in [0.2, 0.25) is 0 Å². The van der Waals surface area contributed by atoms with Crippen LogP contribution in [-0.2, 0) is 9.53 Å². The monoisotopic (exact) mass is 257 g/mol. The molecule has 0 amide bonds. The van der Waals surface area contributed by atoms with Gasteiger partial charge in [-0.3, -0.25) is 4.79 Å². The number of hydrogen-bond acceptors (Lipinski definition) is 4. The first-order valence-electron chi connectivity index (χ1n) is 7.14. The zero-order chi connectivity index (χ0) is 13.4. The summed E-state index contributed by atoms with van der Waals surface area (Å²) in [4.78, 5) is 11.3. The Morgan fingerprint density at radius 3 is 2.72 bits per heavy atom. The maximum atomic E-state index is 11.3. The van der Waals surface area contributed by atoms with Crippen LogP contribution in [0.3, 0.4) is 0 Å². The first kappa shape index (κ1) is 15.4. The number of aliphatic hydroxyl groups is 1. The molecule has 0 unspecified atom stereocenters. The molecule has 1 saturated carbocycles. The molecule has 1 rings (SSSR count). The van der Waals surface area contributed by atoms with Gasteiger partial charge in [-0.05, 0) is 38.0 Å². The lowest BCUT2D eigenvalue weighted by atomic mass is 9.79. The smallest absolute Gasteiger partial charge is 0.319 e. The van der Waals surface area contributed by atoms with E-state index in [1.54, 1.807) is 0 Å². The summed E-state index contributed by atoms with van der Waals surface area (Å²) < 4.78 is 5.04. The molecule has 0 atom stereocenters. The molecule has 0 saturated heterocycles. The van der Waals surface area contributed by atoms with E-state index in [0.717, 1.165) is 38.5 Å². The van der Waals surface area contributed by atoms with Crippen LogP contribution in [0, 0.1) is 5.92 Å². The summed E-state index contributed by atoms with van der Waals surface area (Å²) >= 11 is 0. The van der Waals surface area contributed by atoms with Gasteiger partial charge >= 0.3 is 5.97 Å². The van der Waals surface area contributed by atoms with E-state index in [2.05, 4.69) is 19.2 Å². The SMILES string of the molecule is CCCCOC(=O)CNCC1(O)CCC(C)CC1. The lowest BCUT2D eigenvalue weighted by Crippen LogP contribution is -2.44. The minimum Gasteiger partial charge on any atom is -0.465 e. The maximum Gasteiger partial charge on any atom is 0.319 e. The molecule has 0 spiro atoms. The first-order chi connectivity index (χ1) is 8.56. The molecule has 2 N–H and O–H groups in total. The molecule has 1 aliphatic carbocycles. The van der Waals surface area contributed by atoms with E-state index in [-0.39, 0.29) is 12.5 Å². The molecule has 0 aromatic rings. The minimum absolute atomic E-state index is 0.196. The van der Waals surface area contributed by atoms with Gasteiger partial charge in [0.15, 0.2) is 0 Å². The fourth-order valence-electron chi connectivity index (χ4n) is 2.25. The van der Waals surface area contributed by atoms with E-state index in [0.29, 0.717) is 19.1 Å². The van der Waals surface area contributed by atoms with Gasteiger partial charge in [-0.2, -0.15) is 0 Å². The predicted octanol–water partition coefficient (Wildman–Crippen LogP) is 1.86. The van der Waals surface area contributed by atoms with Gasteiger partial charge in [-0.15, -0.1) is 0 Å². The Morgan fingerprint density at radius 2 is 2.11 bits per heavy atom. The third-order valence-corrected chi connectivity index (χ3v) is 3.69. The Morgan fingerprint density at radius 1 is 1.44 bits per heavy atom. The van der Waals surface area contributed by atoms with Crippen molar-refractivity contribution in [1.29, 1.82) is 0 Å². The highest BCUT2D eigenvalue weighted by Crippen LogP contribution is 2.31. The van der Waals surface area contributed by atoms with Gasteiger partial charge < -0.3 is 15.2 Å². The molecule has 4 nitrogen and oxygen atoms in total. The number of ether oxygens (including phenoxy) is 1. The van der Waals surface area contributed by atoms with Crippen molar-refractivity contribution in [2.75, 3.05) is 19.7 Å². The summed E-state index contributed by atoms with van der Waals surface area (Å²) in [5.41, 5.74) is -0.629. The van der Waals surface area contributed by atoms with Crippen molar-refractivity contribution < 1.29 is 14.6 Å². The molecule has 0 bridgehead atoms. The number of rotatable bonds is 7. The molecule has 0 aliphatic heterocycles. The molecule has 0 aromatic carbocycles. The topological polar surface area (TPSA) is 58.6 Å². The first-order valence-corrected chi connectivity index (χ1v) is 7.14. The average Bonchev–Trinajstić information content (AvgIpc) is 2.34. The second-order valence-corrected chi connectivity index (χ2v) is 5.58. The number of esters is 1. The van der Waals surface area contributed by atoms with E-state index >= 15 is 0 Å². The lowest BCUT2D eigenvalue weighted by molar-refractivity contribution is -0.142. The normalized spacial score (nSPS) is 28.1. The number of hydrogen-bond donors (Lipinski definition) is 2. The molecular formula is C14H27NO3. The Bertz CT molecular complexity index is 247. The maximum absolute atomic E-state index is 11.3. The van der Waals surface area contributed by atoms with Crippen LogP contribution in [-0.4, -0.2) is 36.4 Å². The Labute approximate surface area is 110 Å². The highest BCUT2D eigenvalue weighted by Gasteiger charge is 2.31. The van der Waals surface area contributed by atoms with E-state index in [1.807, 2.05) is 0 Å². The minimum atomic E-state index is -0.629. The van der Waals surface area contributed by atoms with Crippen LogP contribution in [0.25, 0.3) is 0 Å². The van der Waals surface area contributed by atoms with Gasteiger partial charge in [-0.25, -0.2) is 0 Å². The predicted molar refractivity (Wildman–Crippen MR) is 71.3 cm³/mol. The Hall–Kier alpha value is -0.610. The fourth-order valence-corrected chi connectivity index (χ4v) is 2.25. The molecule has 4 heteroatoms. The quantitative estimate of drug-likeness (QED) is 0.540. The van der Waals surface area contributed by atoms with Gasteiger partial charge in [0.25, 0.3) is 0 Å².